The van der Waals surface area contributed by atoms with Crippen molar-refractivity contribution in [2.24, 2.45) is 56.7 Å². The molecular weight excluding hydrogens is 376 g/mol. The zero-order valence-corrected chi connectivity index (χ0v) is 21.7. The summed E-state index contributed by atoms with van der Waals surface area (Å²) in [7, 11) is 0. The highest BCUT2D eigenvalue weighted by molar-refractivity contribution is 5.21. The number of hydrogen-bond donors (Lipinski definition) is 1. The van der Waals surface area contributed by atoms with Crippen LogP contribution < -0.4 is 0 Å². The highest BCUT2D eigenvalue weighted by Gasteiger charge is 2.69. The molecule has 0 heterocycles. The van der Waals surface area contributed by atoms with Crippen molar-refractivity contribution in [3.63, 3.8) is 0 Å². The molecule has 0 aromatic rings. The van der Waals surface area contributed by atoms with E-state index in [1.54, 1.807) is 0 Å². The average Bonchev–Trinajstić information content (AvgIpc) is 2.69. The van der Waals surface area contributed by atoms with Gasteiger partial charge >= 0.3 is 0 Å². The summed E-state index contributed by atoms with van der Waals surface area (Å²) in [5, 5.41) is 10.9. The van der Waals surface area contributed by atoms with Gasteiger partial charge in [-0.3, -0.25) is 0 Å². The van der Waals surface area contributed by atoms with Crippen LogP contribution in [0.3, 0.4) is 0 Å². The summed E-state index contributed by atoms with van der Waals surface area (Å²) < 4.78 is 0. The molecule has 5 rings (SSSR count). The molecule has 5 aliphatic rings. The molecule has 31 heavy (non-hydrogen) atoms. The first-order valence-corrected chi connectivity index (χ1v) is 13.7. The highest BCUT2D eigenvalue weighted by Crippen LogP contribution is 2.76. The first-order chi connectivity index (χ1) is 14.3. The topological polar surface area (TPSA) is 20.2 Å². The third kappa shape index (κ3) is 2.65. The van der Waals surface area contributed by atoms with Gasteiger partial charge in [0.15, 0.2) is 0 Å². The lowest BCUT2D eigenvalue weighted by Gasteiger charge is -2.73. The summed E-state index contributed by atoms with van der Waals surface area (Å²) in [6.07, 6.45) is 13.2. The SMILES string of the molecule is C=C1CC[C@]2(C)CC[C@]3(C)C(CCC4[C@@]5(C)CC[C@H](O)C(C)(C)C5CC[C@]43C)C2[C@@H]1C. The van der Waals surface area contributed by atoms with Crippen LogP contribution in [0.4, 0.5) is 0 Å². The lowest BCUT2D eigenvalue weighted by Crippen LogP contribution is -2.67. The molecule has 1 N–H and O–H groups in total. The molecule has 176 valence electrons. The Morgan fingerprint density at radius 2 is 1.48 bits per heavy atom. The summed E-state index contributed by atoms with van der Waals surface area (Å²) in [4.78, 5) is 0. The van der Waals surface area contributed by atoms with E-state index in [1.165, 1.54) is 63.4 Å². The molecule has 0 spiro atoms. The summed E-state index contributed by atoms with van der Waals surface area (Å²) in [6.45, 7) is 22.6. The summed E-state index contributed by atoms with van der Waals surface area (Å²) in [6, 6.07) is 0. The van der Waals surface area contributed by atoms with Crippen LogP contribution in [0.2, 0.25) is 0 Å². The number of allylic oxidation sites excluding steroid dienone is 1. The Kier molecular flexibility index (Phi) is 4.82. The van der Waals surface area contributed by atoms with Crippen LogP contribution in [0, 0.1) is 56.7 Å². The third-order valence-corrected chi connectivity index (χ3v) is 13.6. The van der Waals surface area contributed by atoms with Crippen molar-refractivity contribution in [1.29, 1.82) is 0 Å². The molecule has 5 aliphatic carbocycles. The van der Waals surface area contributed by atoms with Crippen LogP contribution >= 0.6 is 0 Å². The van der Waals surface area contributed by atoms with Gasteiger partial charge in [-0.05, 0) is 121 Å². The van der Waals surface area contributed by atoms with Crippen LogP contribution in [0.25, 0.3) is 0 Å². The van der Waals surface area contributed by atoms with Crippen LogP contribution in [0.15, 0.2) is 12.2 Å². The molecule has 10 atom stereocenters. The maximum atomic E-state index is 10.9. The van der Waals surface area contributed by atoms with E-state index >= 15 is 0 Å². The zero-order valence-electron chi connectivity index (χ0n) is 21.7. The second-order valence-electron chi connectivity index (χ2n) is 14.7. The molecule has 0 aromatic heterocycles. The first-order valence-electron chi connectivity index (χ1n) is 13.7. The van der Waals surface area contributed by atoms with Gasteiger partial charge in [-0.2, -0.15) is 0 Å². The largest absolute Gasteiger partial charge is 0.393 e. The Labute approximate surface area is 192 Å². The number of fused-ring (bicyclic) bond motifs is 7. The summed E-state index contributed by atoms with van der Waals surface area (Å²) >= 11 is 0. The number of hydrogen-bond acceptors (Lipinski definition) is 1. The first kappa shape index (κ1) is 22.5. The van der Waals surface area contributed by atoms with Gasteiger partial charge < -0.3 is 5.11 Å². The quantitative estimate of drug-likeness (QED) is 0.389. The van der Waals surface area contributed by atoms with E-state index < -0.39 is 0 Å². The van der Waals surface area contributed by atoms with E-state index in [4.69, 9.17) is 0 Å². The lowest BCUT2D eigenvalue weighted by molar-refractivity contribution is -0.251. The molecule has 0 radical (unpaired) electrons. The van der Waals surface area contributed by atoms with E-state index in [2.05, 4.69) is 55.0 Å². The smallest absolute Gasteiger partial charge is 0.0594 e. The van der Waals surface area contributed by atoms with Crippen LogP contribution in [0.1, 0.15) is 113 Å². The highest BCUT2D eigenvalue weighted by atomic mass is 16.3. The van der Waals surface area contributed by atoms with E-state index in [0.29, 0.717) is 33.5 Å². The Morgan fingerprint density at radius 1 is 0.774 bits per heavy atom. The normalized spacial score (nSPS) is 58.5. The van der Waals surface area contributed by atoms with Crippen molar-refractivity contribution >= 4 is 0 Å². The predicted octanol–water partition coefficient (Wildman–Crippen LogP) is 8.02. The zero-order chi connectivity index (χ0) is 22.6. The van der Waals surface area contributed by atoms with E-state index in [9.17, 15) is 5.11 Å². The van der Waals surface area contributed by atoms with Crippen molar-refractivity contribution in [1.82, 2.24) is 0 Å². The number of aliphatic hydroxyl groups is 1. The van der Waals surface area contributed by atoms with Gasteiger partial charge in [0.2, 0.25) is 0 Å². The second kappa shape index (κ2) is 6.64. The Bertz CT molecular complexity index is 766. The van der Waals surface area contributed by atoms with Gasteiger partial charge in [0, 0.05) is 0 Å². The van der Waals surface area contributed by atoms with E-state index in [0.717, 1.165) is 24.2 Å². The third-order valence-electron chi connectivity index (χ3n) is 13.6. The fraction of sp³-hybridized carbons (Fsp3) is 0.933. The van der Waals surface area contributed by atoms with Crippen molar-refractivity contribution in [2.45, 2.75) is 119 Å². The monoisotopic (exact) mass is 426 g/mol. The molecule has 0 aromatic carbocycles. The summed E-state index contributed by atoms with van der Waals surface area (Å²) in [5.41, 5.74) is 3.43. The van der Waals surface area contributed by atoms with Crippen molar-refractivity contribution < 1.29 is 5.11 Å². The molecule has 0 saturated heterocycles. The van der Waals surface area contributed by atoms with Gasteiger partial charge in [-0.15, -0.1) is 0 Å². The Balaban J connectivity index is 1.54. The second-order valence-corrected chi connectivity index (χ2v) is 14.7. The van der Waals surface area contributed by atoms with Crippen LogP contribution in [-0.2, 0) is 0 Å². The molecule has 5 saturated carbocycles. The molecule has 5 fully saturated rings. The van der Waals surface area contributed by atoms with Crippen LogP contribution in [-0.4, -0.2) is 11.2 Å². The minimum atomic E-state index is -0.119. The molecule has 0 amide bonds. The maximum Gasteiger partial charge on any atom is 0.0594 e. The van der Waals surface area contributed by atoms with Gasteiger partial charge in [-0.1, -0.05) is 60.6 Å². The van der Waals surface area contributed by atoms with Crippen molar-refractivity contribution in [3.8, 4) is 0 Å². The molecule has 1 heteroatoms. The molecular formula is C30H50O. The maximum absolute atomic E-state index is 10.9. The number of aliphatic hydroxyl groups excluding tert-OH is 1. The molecule has 1 nitrogen and oxygen atoms in total. The van der Waals surface area contributed by atoms with Gasteiger partial charge in [0.05, 0.1) is 6.10 Å². The summed E-state index contributed by atoms with van der Waals surface area (Å²) in [5.74, 6) is 3.88. The van der Waals surface area contributed by atoms with Crippen molar-refractivity contribution in [2.75, 3.05) is 0 Å². The fourth-order valence-corrected chi connectivity index (χ4v) is 11.4. The molecule has 0 bridgehead atoms. The predicted molar refractivity (Wildman–Crippen MR) is 131 cm³/mol. The Morgan fingerprint density at radius 3 is 2.19 bits per heavy atom. The molecule has 0 aliphatic heterocycles. The van der Waals surface area contributed by atoms with Gasteiger partial charge in [0.25, 0.3) is 0 Å². The minimum absolute atomic E-state index is 0.0623. The average molecular weight is 427 g/mol. The lowest BCUT2D eigenvalue weighted by atomic mass is 9.31. The minimum Gasteiger partial charge on any atom is -0.393 e. The van der Waals surface area contributed by atoms with Crippen LogP contribution in [0.5, 0.6) is 0 Å². The fourth-order valence-electron chi connectivity index (χ4n) is 11.4. The van der Waals surface area contributed by atoms with Gasteiger partial charge in [-0.25, -0.2) is 0 Å². The van der Waals surface area contributed by atoms with E-state index in [1.807, 2.05) is 0 Å². The van der Waals surface area contributed by atoms with Gasteiger partial charge in [0.1, 0.15) is 0 Å². The van der Waals surface area contributed by atoms with Crippen molar-refractivity contribution in [3.05, 3.63) is 12.2 Å². The molecule has 4 unspecified atom stereocenters. The van der Waals surface area contributed by atoms with E-state index in [-0.39, 0.29) is 11.5 Å². The Hall–Kier alpha value is -0.300. The standard InChI is InChI=1S/C30H50O/c1-19-11-14-27(5)17-18-29(7)21(25(27)20(19)2)9-10-23-28(6)15-13-24(31)26(3,4)22(28)12-16-30(23,29)8/h20-25,31H,1,9-18H2,2-8H3/t20-,21?,22?,23?,24+,25?,27-,28+,29-,30-/m1/s1. The number of rotatable bonds is 0.